The van der Waals surface area contributed by atoms with Gasteiger partial charge in [0.05, 0.1) is 6.26 Å². The molecule has 0 aliphatic rings. The van der Waals surface area contributed by atoms with Gasteiger partial charge in [0.25, 0.3) is 0 Å². The van der Waals surface area contributed by atoms with Gasteiger partial charge in [-0.05, 0) is 36.2 Å². The Morgan fingerprint density at radius 2 is 1.77 bits per heavy atom. The van der Waals surface area contributed by atoms with Crippen molar-refractivity contribution in [1.82, 2.24) is 10.2 Å². The van der Waals surface area contributed by atoms with Crippen molar-refractivity contribution in [3.63, 3.8) is 0 Å². The van der Waals surface area contributed by atoms with Crippen LogP contribution in [0.5, 0.6) is 0 Å². The molecule has 0 spiro atoms. The molecule has 6 nitrogen and oxygen atoms in total. The molecule has 1 aromatic carbocycles. The van der Waals surface area contributed by atoms with E-state index >= 15 is 0 Å². The van der Waals surface area contributed by atoms with E-state index in [1.54, 1.807) is 18.2 Å². The molecular weight excluding hydrogens is 347 g/mol. The lowest BCUT2D eigenvalue weighted by atomic mass is 10.1. The first-order chi connectivity index (χ1) is 10.3. The van der Waals surface area contributed by atoms with Gasteiger partial charge in [0, 0.05) is 16.6 Å². The molecule has 0 bridgehead atoms. The zero-order chi connectivity index (χ0) is 16.2. The van der Waals surface area contributed by atoms with E-state index in [2.05, 4.69) is 20.2 Å². The van der Waals surface area contributed by atoms with E-state index in [0.29, 0.717) is 28.8 Å². The number of halogens is 2. The number of anilines is 2. The minimum Gasteiger partial charge on any atom is -0.368 e. The first kappa shape index (κ1) is 16.8. The minimum atomic E-state index is -3.35. The summed E-state index contributed by atoms with van der Waals surface area (Å²) < 4.78 is 24.4. The highest BCUT2D eigenvalue weighted by Crippen LogP contribution is 2.21. The molecule has 0 radical (unpaired) electrons. The van der Waals surface area contributed by atoms with E-state index in [1.165, 1.54) is 6.07 Å². The van der Waals surface area contributed by atoms with Gasteiger partial charge in [-0.15, -0.1) is 10.2 Å². The van der Waals surface area contributed by atoms with Crippen molar-refractivity contribution in [1.29, 1.82) is 0 Å². The molecule has 2 N–H and O–H groups in total. The van der Waals surface area contributed by atoms with E-state index in [1.807, 2.05) is 6.07 Å². The van der Waals surface area contributed by atoms with Crippen LogP contribution in [-0.4, -0.2) is 31.4 Å². The summed E-state index contributed by atoms with van der Waals surface area (Å²) in [6, 6.07) is 8.53. The van der Waals surface area contributed by atoms with Crippen LogP contribution in [0.15, 0.2) is 30.3 Å². The number of rotatable bonds is 6. The maximum absolute atomic E-state index is 11.1. The van der Waals surface area contributed by atoms with Crippen LogP contribution in [0.25, 0.3) is 0 Å². The molecule has 0 unspecified atom stereocenters. The Morgan fingerprint density at radius 3 is 2.36 bits per heavy atom. The normalized spacial score (nSPS) is 11.2. The lowest BCUT2D eigenvalue weighted by Crippen LogP contribution is -2.12. The highest BCUT2D eigenvalue weighted by atomic mass is 35.5. The van der Waals surface area contributed by atoms with Crippen molar-refractivity contribution in [2.75, 3.05) is 22.8 Å². The Hall–Kier alpha value is -1.57. The Kier molecular flexibility index (Phi) is 5.44. The molecule has 0 saturated heterocycles. The second-order valence-electron chi connectivity index (χ2n) is 4.59. The van der Waals surface area contributed by atoms with Crippen LogP contribution < -0.4 is 10.0 Å². The number of benzene rings is 1. The first-order valence-corrected chi connectivity index (χ1v) is 8.97. The fourth-order valence-corrected chi connectivity index (χ4v) is 2.71. The van der Waals surface area contributed by atoms with Crippen molar-refractivity contribution < 1.29 is 8.42 Å². The fourth-order valence-electron chi connectivity index (χ4n) is 1.72. The van der Waals surface area contributed by atoms with Crippen molar-refractivity contribution in [2.24, 2.45) is 0 Å². The largest absolute Gasteiger partial charge is 0.368 e. The molecule has 0 saturated carbocycles. The number of nitrogens with one attached hydrogen (secondary N) is 2. The van der Waals surface area contributed by atoms with Crippen LogP contribution in [0.3, 0.4) is 0 Å². The Labute approximate surface area is 138 Å². The van der Waals surface area contributed by atoms with Crippen molar-refractivity contribution >= 4 is 44.9 Å². The summed E-state index contributed by atoms with van der Waals surface area (Å²) in [7, 11) is -3.35. The Morgan fingerprint density at radius 1 is 1.09 bits per heavy atom. The van der Waals surface area contributed by atoms with Crippen LogP contribution in [0.4, 0.5) is 11.6 Å². The fraction of sp³-hybridized carbons (Fsp3) is 0.231. The number of sulfonamides is 1. The summed E-state index contributed by atoms with van der Waals surface area (Å²) >= 11 is 11.9. The zero-order valence-corrected chi connectivity index (χ0v) is 14.0. The summed E-state index contributed by atoms with van der Waals surface area (Å²) in [5.41, 5.74) is 0.974. The molecule has 0 aliphatic carbocycles. The molecular formula is C13H14Cl2N4O2S. The quantitative estimate of drug-likeness (QED) is 0.827. The summed E-state index contributed by atoms with van der Waals surface area (Å²) in [5, 5.41) is 12.0. The average molecular weight is 361 g/mol. The van der Waals surface area contributed by atoms with Crippen LogP contribution >= 0.6 is 23.2 Å². The predicted molar refractivity (Wildman–Crippen MR) is 89.2 cm³/mol. The maximum atomic E-state index is 11.1. The Bertz CT molecular complexity index is 751. The third kappa shape index (κ3) is 5.32. The molecule has 9 heteroatoms. The van der Waals surface area contributed by atoms with E-state index in [9.17, 15) is 8.42 Å². The maximum Gasteiger partial charge on any atom is 0.231 e. The number of nitrogens with zero attached hydrogens (tertiary/aromatic N) is 2. The first-order valence-electron chi connectivity index (χ1n) is 6.33. The molecule has 0 aliphatic heterocycles. The van der Waals surface area contributed by atoms with Crippen LogP contribution in [0, 0.1) is 0 Å². The third-order valence-corrected chi connectivity index (χ3v) is 3.84. The number of hydrogen-bond donors (Lipinski definition) is 2. The van der Waals surface area contributed by atoms with Crippen LogP contribution in [0.2, 0.25) is 10.0 Å². The van der Waals surface area contributed by atoms with Gasteiger partial charge in [-0.2, -0.15) is 0 Å². The molecule has 22 heavy (non-hydrogen) atoms. The van der Waals surface area contributed by atoms with E-state index in [4.69, 9.17) is 23.2 Å². The molecule has 1 aromatic heterocycles. The lowest BCUT2D eigenvalue weighted by Gasteiger charge is -2.07. The van der Waals surface area contributed by atoms with Crippen molar-refractivity contribution in [3.8, 4) is 0 Å². The highest BCUT2D eigenvalue weighted by Gasteiger charge is 2.04. The molecule has 1 heterocycles. The van der Waals surface area contributed by atoms with E-state index < -0.39 is 10.0 Å². The van der Waals surface area contributed by atoms with Gasteiger partial charge >= 0.3 is 0 Å². The number of aromatic nitrogens is 2. The monoisotopic (exact) mass is 360 g/mol. The van der Waals surface area contributed by atoms with Gasteiger partial charge in [-0.1, -0.05) is 29.3 Å². The summed E-state index contributed by atoms with van der Waals surface area (Å²) in [6.07, 6.45) is 1.75. The highest BCUT2D eigenvalue weighted by molar-refractivity contribution is 7.92. The second-order valence-corrected chi connectivity index (χ2v) is 7.18. The molecule has 0 amide bonds. The molecule has 2 aromatic rings. The van der Waals surface area contributed by atoms with Crippen molar-refractivity contribution in [3.05, 3.63) is 45.9 Å². The summed E-state index contributed by atoms with van der Waals surface area (Å²) in [4.78, 5) is 0. The van der Waals surface area contributed by atoms with E-state index in [0.717, 1.165) is 11.8 Å². The van der Waals surface area contributed by atoms with Gasteiger partial charge < -0.3 is 5.32 Å². The lowest BCUT2D eigenvalue weighted by molar-refractivity contribution is 0.606. The van der Waals surface area contributed by atoms with Crippen molar-refractivity contribution in [2.45, 2.75) is 6.42 Å². The molecule has 118 valence electrons. The summed E-state index contributed by atoms with van der Waals surface area (Å²) in [6.45, 7) is 0.606. The molecule has 0 atom stereocenters. The Balaban J connectivity index is 1.89. The van der Waals surface area contributed by atoms with Gasteiger partial charge in [-0.3, -0.25) is 4.72 Å². The number of hydrogen-bond acceptors (Lipinski definition) is 5. The standard InChI is InChI=1S/C13H14Cl2N4O2S/c1-22(20,21)19-13-5-4-12(17-18-13)16-7-6-9-2-3-10(14)8-11(9)15/h2-5,8H,6-7H2,1H3,(H,16,17)(H,18,19). The topological polar surface area (TPSA) is 84.0 Å². The average Bonchev–Trinajstić information content (AvgIpc) is 2.41. The van der Waals surface area contributed by atoms with Gasteiger partial charge in [-0.25, -0.2) is 8.42 Å². The zero-order valence-electron chi connectivity index (χ0n) is 11.7. The smallest absolute Gasteiger partial charge is 0.231 e. The predicted octanol–water partition coefficient (Wildman–Crippen LogP) is 2.81. The molecule has 2 rings (SSSR count). The SMILES string of the molecule is CS(=O)(=O)Nc1ccc(NCCc2ccc(Cl)cc2Cl)nn1. The van der Waals surface area contributed by atoms with Crippen LogP contribution in [-0.2, 0) is 16.4 Å². The second kappa shape index (κ2) is 7.13. The van der Waals surface area contributed by atoms with Crippen LogP contribution in [0.1, 0.15) is 5.56 Å². The molecule has 0 fully saturated rings. The third-order valence-electron chi connectivity index (χ3n) is 2.67. The summed E-state index contributed by atoms with van der Waals surface area (Å²) in [5.74, 6) is 0.720. The van der Waals surface area contributed by atoms with E-state index in [-0.39, 0.29) is 5.82 Å². The van der Waals surface area contributed by atoms with Gasteiger partial charge in [0.1, 0.15) is 5.82 Å². The minimum absolute atomic E-state index is 0.175. The van der Waals surface area contributed by atoms with Gasteiger partial charge in [0.15, 0.2) is 5.82 Å². The van der Waals surface area contributed by atoms with Gasteiger partial charge in [0.2, 0.25) is 10.0 Å².